The van der Waals surface area contributed by atoms with Gasteiger partial charge in [0.15, 0.2) is 0 Å². The van der Waals surface area contributed by atoms with Crippen LogP contribution in [0.15, 0.2) is 6.07 Å². The van der Waals surface area contributed by atoms with Gasteiger partial charge in [-0.3, -0.25) is 4.68 Å². The van der Waals surface area contributed by atoms with Crippen LogP contribution in [0.2, 0.25) is 0 Å². The van der Waals surface area contributed by atoms with Crippen LogP contribution < -0.4 is 5.32 Å². The fourth-order valence-electron chi connectivity index (χ4n) is 3.13. The van der Waals surface area contributed by atoms with Crippen LogP contribution in [0.1, 0.15) is 50.9 Å². The van der Waals surface area contributed by atoms with Crippen LogP contribution in [0.4, 0.5) is 0 Å². The quantitative estimate of drug-likeness (QED) is 0.778. The minimum Gasteiger partial charge on any atom is -0.311 e. The molecule has 0 saturated carbocycles. The number of nitrogens with one attached hydrogen (secondary N) is 1. The second-order valence-corrected chi connectivity index (χ2v) is 6.00. The zero-order valence-electron chi connectivity index (χ0n) is 13.4. The lowest BCUT2D eigenvalue weighted by Crippen LogP contribution is -2.38. The van der Waals surface area contributed by atoms with Gasteiger partial charge in [-0.2, -0.15) is 5.10 Å². The van der Waals surface area contributed by atoms with Gasteiger partial charge in [0.2, 0.25) is 0 Å². The molecule has 114 valence electrons. The molecule has 2 heterocycles. The van der Waals surface area contributed by atoms with E-state index in [2.05, 4.69) is 46.8 Å². The van der Waals surface area contributed by atoms with E-state index in [0.717, 1.165) is 31.4 Å². The van der Waals surface area contributed by atoms with Crippen molar-refractivity contribution in [3.05, 3.63) is 17.5 Å². The van der Waals surface area contributed by atoms with Crippen LogP contribution >= 0.6 is 0 Å². The molecule has 0 radical (unpaired) electrons. The van der Waals surface area contributed by atoms with Gasteiger partial charge in [0, 0.05) is 19.1 Å². The number of likely N-dealkylation sites (tertiary alicyclic amines) is 1. The standard InChI is InChI=1S/C16H30N4/c1-4-20-16(12-14(2)18-20)13-17-9-7-11-19-10-6-5-8-15(19)3/h12,15,17H,4-11,13H2,1-3H3. The van der Waals surface area contributed by atoms with Crippen LogP contribution in [0.25, 0.3) is 0 Å². The largest absolute Gasteiger partial charge is 0.311 e. The molecule has 20 heavy (non-hydrogen) atoms. The molecule has 1 atom stereocenters. The van der Waals surface area contributed by atoms with Crippen LogP contribution in [-0.4, -0.2) is 40.4 Å². The number of aromatic nitrogens is 2. The maximum absolute atomic E-state index is 4.48. The Labute approximate surface area is 123 Å². The predicted octanol–water partition coefficient (Wildman–Crippen LogP) is 2.57. The highest BCUT2D eigenvalue weighted by atomic mass is 15.3. The maximum Gasteiger partial charge on any atom is 0.0597 e. The number of rotatable bonds is 7. The number of piperidine rings is 1. The SMILES string of the molecule is CCn1nc(C)cc1CNCCCN1CCCCC1C. The fraction of sp³-hybridized carbons (Fsp3) is 0.812. The van der Waals surface area contributed by atoms with Crippen LogP contribution in [0.5, 0.6) is 0 Å². The molecular formula is C16H30N4. The first-order valence-corrected chi connectivity index (χ1v) is 8.18. The molecule has 1 unspecified atom stereocenters. The highest BCUT2D eigenvalue weighted by molar-refractivity contribution is 5.08. The first-order valence-electron chi connectivity index (χ1n) is 8.18. The van der Waals surface area contributed by atoms with Gasteiger partial charge >= 0.3 is 0 Å². The van der Waals surface area contributed by atoms with E-state index in [-0.39, 0.29) is 0 Å². The molecule has 1 aliphatic heterocycles. The molecule has 1 aromatic rings. The van der Waals surface area contributed by atoms with E-state index in [1.165, 1.54) is 44.5 Å². The van der Waals surface area contributed by atoms with Crippen molar-refractivity contribution < 1.29 is 0 Å². The summed E-state index contributed by atoms with van der Waals surface area (Å²) in [6, 6.07) is 2.97. The highest BCUT2D eigenvalue weighted by Crippen LogP contribution is 2.16. The molecule has 0 aliphatic carbocycles. The summed E-state index contributed by atoms with van der Waals surface area (Å²) in [4.78, 5) is 2.64. The summed E-state index contributed by atoms with van der Waals surface area (Å²) in [6.45, 7) is 12.1. The molecule has 4 nitrogen and oxygen atoms in total. The van der Waals surface area contributed by atoms with Gasteiger partial charge in [0.05, 0.1) is 11.4 Å². The Morgan fingerprint density at radius 1 is 1.40 bits per heavy atom. The summed E-state index contributed by atoms with van der Waals surface area (Å²) >= 11 is 0. The third-order valence-corrected chi connectivity index (χ3v) is 4.33. The van der Waals surface area contributed by atoms with Crippen molar-refractivity contribution in [2.45, 2.75) is 65.6 Å². The van der Waals surface area contributed by atoms with Gasteiger partial charge in [0.1, 0.15) is 0 Å². The van der Waals surface area contributed by atoms with Crippen molar-refractivity contribution in [2.75, 3.05) is 19.6 Å². The summed E-state index contributed by atoms with van der Waals surface area (Å²) in [5.74, 6) is 0. The lowest BCUT2D eigenvalue weighted by molar-refractivity contribution is 0.159. The summed E-state index contributed by atoms with van der Waals surface area (Å²) < 4.78 is 2.09. The first kappa shape index (κ1) is 15.5. The van der Waals surface area contributed by atoms with E-state index < -0.39 is 0 Å². The Bertz CT molecular complexity index is 399. The molecule has 0 bridgehead atoms. The number of hydrogen-bond acceptors (Lipinski definition) is 3. The Morgan fingerprint density at radius 3 is 3.00 bits per heavy atom. The molecular weight excluding hydrogens is 248 g/mol. The summed E-state index contributed by atoms with van der Waals surface area (Å²) in [5.41, 5.74) is 2.42. The van der Waals surface area contributed by atoms with Crippen LogP contribution in [-0.2, 0) is 13.1 Å². The third-order valence-electron chi connectivity index (χ3n) is 4.33. The summed E-state index contributed by atoms with van der Waals surface area (Å²) in [7, 11) is 0. The third kappa shape index (κ3) is 4.32. The Balaban J connectivity index is 1.63. The Hall–Kier alpha value is -0.870. The average molecular weight is 278 g/mol. The van der Waals surface area contributed by atoms with Crippen molar-refractivity contribution in [1.82, 2.24) is 20.0 Å². The lowest BCUT2D eigenvalue weighted by Gasteiger charge is -2.33. The average Bonchev–Trinajstić information content (AvgIpc) is 2.80. The van der Waals surface area contributed by atoms with Gasteiger partial charge in [-0.15, -0.1) is 0 Å². The lowest BCUT2D eigenvalue weighted by atomic mass is 10.0. The Morgan fingerprint density at radius 2 is 2.25 bits per heavy atom. The number of aryl methyl sites for hydroxylation is 2. The van der Waals surface area contributed by atoms with E-state index in [0.29, 0.717) is 0 Å². The minimum atomic E-state index is 0.785. The monoisotopic (exact) mass is 278 g/mol. The zero-order valence-corrected chi connectivity index (χ0v) is 13.4. The van der Waals surface area contributed by atoms with Crippen molar-refractivity contribution in [3.8, 4) is 0 Å². The van der Waals surface area contributed by atoms with Gasteiger partial charge in [-0.1, -0.05) is 6.42 Å². The summed E-state index contributed by atoms with van der Waals surface area (Å²) in [6.07, 6.45) is 5.41. The van der Waals surface area contributed by atoms with Crippen molar-refractivity contribution in [1.29, 1.82) is 0 Å². The predicted molar refractivity (Wildman–Crippen MR) is 83.8 cm³/mol. The summed E-state index contributed by atoms with van der Waals surface area (Å²) in [5, 5.41) is 8.04. The second-order valence-electron chi connectivity index (χ2n) is 6.00. The molecule has 1 aromatic heterocycles. The van der Waals surface area contributed by atoms with Crippen LogP contribution in [0, 0.1) is 6.92 Å². The van der Waals surface area contributed by atoms with Crippen molar-refractivity contribution >= 4 is 0 Å². The second kappa shape index (κ2) is 7.79. The fourth-order valence-corrected chi connectivity index (χ4v) is 3.13. The van der Waals surface area contributed by atoms with E-state index in [4.69, 9.17) is 0 Å². The molecule has 0 spiro atoms. The van der Waals surface area contributed by atoms with Gasteiger partial charge < -0.3 is 10.2 Å². The van der Waals surface area contributed by atoms with Gasteiger partial charge in [-0.25, -0.2) is 0 Å². The highest BCUT2D eigenvalue weighted by Gasteiger charge is 2.16. The topological polar surface area (TPSA) is 33.1 Å². The Kier molecular flexibility index (Phi) is 6.05. The molecule has 2 rings (SSSR count). The van der Waals surface area contributed by atoms with E-state index in [9.17, 15) is 0 Å². The molecule has 4 heteroatoms. The van der Waals surface area contributed by atoms with Gasteiger partial charge in [-0.05, 0) is 65.7 Å². The molecule has 0 aromatic carbocycles. The first-order chi connectivity index (χ1) is 9.70. The maximum atomic E-state index is 4.48. The molecule has 0 amide bonds. The minimum absolute atomic E-state index is 0.785. The van der Waals surface area contributed by atoms with Crippen molar-refractivity contribution in [3.63, 3.8) is 0 Å². The number of hydrogen-bond donors (Lipinski definition) is 1. The van der Waals surface area contributed by atoms with E-state index in [1.807, 2.05) is 0 Å². The van der Waals surface area contributed by atoms with E-state index >= 15 is 0 Å². The van der Waals surface area contributed by atoms with E-state index in [1.54, 1.807) is 0 Å². The molecule has 1 aliphatic rings. The zero-order chi connectivity index (χ0) is 14.4. The molecule has 1 fully saturated rings. The normalized spacial score (nSPS) is 20.4. The number of nitrogens with zero attached hydrogens (tertiary/aromatic N) is 3. The van der Waals surface area contributed by atoms with Crippen molar-refractivity contribution in [2.24, 2.45) is 0 Å². The van der Waals surface area contributed by atoms with Gasteiger partial charge in [0.25, 0.3) is 0 Å². The molecule has 1 saturated heterocycles. The molecule has 1 N–H and O–H groups in total. The van der Waals surface area contributed by atoms with Crippen LogP contribution in [0.3, 0.4) is 0 Å². The smallest absolute Gasteiger partial charge is 0.0597 e.